The molecule has 2 atom stereocenters. The van der Waals surface area contributed by atoms with Crippen LogP contribution in [0.15, 0.2) is 23.1 Å². The number of rotatable bonds is 2. The standard InChI is InChI=1S/C15H17FN2O2S/c16-14-9-11(2-1-7-17)4-6-15(14)21(19,20)18-10-12-3-5-13(18)8-12/h4,6,9,12-13H,3,5,7-8,10,17H2. The van der Waals surface area contributed by atoms with E-state index in [0.717, 1.165) is 25.3 Å². The van der Waals surface area contributed by atoms with E-state index in [1.807, 2.05) is 0 Å². The van der Waals surface area contributed by atoms with E-state index in [1.165, 1.54) is 16.4 Å². The number of hydrogen-bond donors (Lipinski definition) is 1. The summed E-state index contributed by atoms with van der Waals surface area (Å²) >= 11 is 0. The fourth-order valence-electron chi connectivity index (χ4n) is 3.24. The van der Waals surface area contributed by atoms with Gasteiger partial charge in [0.15, 0.2) is 0 Å². The topological polar surface area (TPSA) is 63.4 Å². The van der Waals surface area contributed by atoms with Crippen LogP contribution in [0.5, 0.6) is 0 Å². The predicted octanol–water partition coefficient (Wildman–Crippen LogP) is 1.31. The average Bonchev–Trinajstić information content (AvgIpc) is 3.07. The Kier molecular flexibility index (Phi) is 3.74. The van der Waals surface area contributed by atoms with Crippen LogP contribution >= 0.6 is 0 Å². The van der Waals surface area contributed by atoms with Crippen LogP contribution < -0.4 is 5.73 Å². The Morgan fingerprint density at radius 1 is 1.38 bits per heavy atom. The van der Waals surface area contributed by atoms with Crippen molar-refractivity contribution >= 4 is 10.0 Å². The average molecular weight is 308 g/mol. The Labute approximate surface area is 124 Å². The highest BCUT2D eigenvalue weighted by Crippen LogP contribution is 2.40. The molecule has 6 heteroatoms. The van der Waals surface area contributed by atoms with Gasteiger partial charge in [-0.1, -0.05) is 11.8 Å². The largest absolute Gasteiger partial charge is 0.320 e. The molecule has 1 aliphatic heterocycles. The number of halogens is 1. The summed E-state index contributed by atoms with van der Waals surface area (Å²) in [5.41, 5.74) is 5.69. The number of piperidine rings is 1. The van der Waals surface area contributed by atoms with E-state index in [1.54, 1.807) is 0 Å². The normalized spacial score (nSPS) is 24.9. The molecule has 0 aromatic heterocycles. The lowest BCUT2D eigenvalue weighted by molar-refractivity contribution is 0.332. The van der Waals surface area contributed by atoms with Gasteiger partial charge in [-0.3, -0.25) is 0 Å². The zero-order valence-corrected chi connectivity index (χ0v) is 12.4. The summed E-state index contributed by atoms with van der Waals surface area (Å²) in [6.07, 6.45) is 2.86. The van der Waals surface area contributed by atoms with Crippen molar-refractivity contribution in [2.75, 3.05) is 13.1 Å². The van der Waals surface area contributed by atoms with Crippen molar-refractivity contribution in [3.8, 4) is 11.8 Å². The molecule has 1 heterocycles. The lowest BCUT2D eigenvalue weighted by atomic mass is 10.1. The van der Waals surface area contributed by atoms with E-state index in [9.17, 15) is 12.8 Å². The summed E-state index contributed by atoms with van der Waals surface area (Å²) < 4.78 is 40.8. The van der Waals surface area contributed by atoms with Gasteiger partial charge in [-0.15, -0.1) is 0 Å². The highest BCUT2D eigenvalue weighted by Gasteiger charge is 2.44. The van der Waals surface area contributed by atoms with Crippen LogP contribution in [0.1, 0.15) is 24.8 Å². The van der Waals surface area contributed by atoms with Crippen LogP contribution in [0.3, 0.4) is 0 Å². The van der Waals surface area contributed by atoms with Gasteiger partial charge < -0.3 is 5.73 Å². The number of sulfonamides is 1. The molecule has 2 aliphatic rings. The van der Waals surface area contributed by atoms with Gasteiger partial charge in [0.25, 0.3) is 0 Å². The quantitative estimate of drug-likeness (QED) is 0.838. The zero-order valence-electron chi connectivity index (χ0n) is 11.5. The molecule has 1 aromatic carbocycles. The predicted molar refractivity (Wildman–Crippen MR) is 77.4 cm³/mol. The Balaban J connectivity index is 1.92. The molecular formula is C15H17FN2O2S. The van der Waals surface area contributed by atoms with Gasteiger partial charge in [0.05, 0.1) is 6.54 Å². The lowest BCUT2D eigenvalue weighted by Crippen LogP contribution is -2.38. The molecule has 4 nitrogen and oxygen atoms in total. The molecule has 112 valence electrons. The van der Waals surface area contributed by atoms with Crippen molar-refractivity contribution in [3.05, 3.63) is 29.6 Å². The number of fused-ring (bicyclic) bond motifs is 2. The number of nitrogens with two attached hydrogens (primary N) is 1. The third-order valence-corrected chi connectivity index (χ3v) is 6.16. The summed E-state index contributed by atoms with van der Waals surface area (Å²) in [5.74, 6) is 5.00. The van der Waals surface area contributed by atoms with E-state index in [-0.39, 0.29) is 17.5 Å². The lowest BCUT2D eigenvalue weighted by Gasteiger charge is -2.26. The first-order valence-electron chi connectivity index (χ1n) is 7.02. The summed E-state index contributed by atoms with van der Waals surface area (Å²) in [5, 5.41) is 0. The van der Waals surface area contributed by atoms with E-state index in [4.69, 9.17) is 5.73 Å². The van der Waals surface area contributed by atoms with Gasteiger partial charge >= 0.3 is 0 Å². The van der Waals surface area contributed by atoms with Crippen LogP contribution in [0.4, 0.5) is 4.39 Å². The van der Waals surface area contributed by atoms with Crippen LogP contribution in [-0.2, 0) is 10.0 Å². The van der Waals surface area contributed by atoms with Gasteiger partial charge in [0, 0.05) is 18.2 Å². The van der Waals surface area contributed by atoms with E-state index in [2.05, 4.69) is 11.8 Å². The summed E-state index contributed by atoms with van der Waals surface area (Å²) in [4.78, 5) is -0.256. The molecule has 1 aromatic rings. The van der Waals surface area contributed by atoms with Crippen LogP contribution in [-0.4, -0.2) is 31.9 Å². The number of benzene rings is 1. The third kappa shape index (κ3) is 2.57. The van der Waals surface area contributed by atoms with Crippen molar-refractivity contribution < 1.29 is 12.8 Å². The minimum absolute atomic E-state index is 0.0381. The molecule has 1 saturated heterocycles. The summed E-state index contributed by atoms with van der Waals surface area (Å²) in [6, 6.07) is 4.02. The minimum Gasteiger partial charge on any atom is -0.320 e. The highest BCUT2D eigenvalue weighted by atomic mass is 32.2. The maximum Gasteiger partial charge on any atom is 0.246 e. The third-order valence-electron chi connectivity index (χ3n) is 4.21. The molecule has 0 spiro atoms. The zero-order chi connectivity index (χ0) is 15.0. The minimum atomic E-state index is -3.75. The molecule has 21 heavy (non-hydrogen) atoms. The van der Waals surface area contributed by atoms with Gasteiger partial charge in [0.1, 0.15) is 10.7 Å². The highest BCUT2D eigenvalue weighted by molar-refractivity contribution is 7.89. The van der Waals surface area contributed by atoms with Gasteiger partial charge in [-0.25, -0.2) is 12.8 Å². The van der Waals surface area contributed by atoms with Crippen molar-refractivity contribution in [2.24, 2.45) is 11.7 Å². The fraction of sp³-hybridized carbons (Fsp3) is 0.467. The maximum atomic E-state index is 14.2. The Bertz CT molecular complexity index is 721. The molecule has 2 fully saturated rings. The fourth-order valence-corrected chi connectivity index (χ4v) is 5.03. The first-order valence-corrected chi connectivity index (χ1v) is 8.46. The molecule has 0 amide bonds. The maximum absolute atomic E-state index is 14.2. The second-order valence-electron chi connectivity index (χ2n) is 5.56. The summed E-state index contributed by atoms with van der Waals surface area (Å²) in [7, 11) is -3.75. The smallest absolute Gasteiger partial charge is 0.246 e. The molecule has 1 aliphatic carbocycles. The van der Waals surface area contributed by atoms with Gasteiger partial charge in [0.2, 0.25) is 10.0 Å². The van der Waals surface area contributed by atoms with E-state index < -0.39 is 15.8 Å². The monoisotopic (exact) mass is 308 g/mol. The number of hydrogen-bond acceptors (Lipinski definition) is 3. The molecule has 2 unspecified atom stereocenters. The van der Waals surface area contributed by atoms with Crippen molar-refractivity contribution in [2.45, 2.75) is 30.2 Å². The molecule has 2 bridgehead atoms. The molecule has 3 rings (SSSR count). The van der Waals surface area contributed by atoms with Crippen LogP contribution in [0.2, 0.25) is 0 Å². The Morgan fingerprint density at radius 2 is 2.19 bits per heavy atom. The molecule has 0 radical (unpaired) electrons. The van der Waals surface area contributed by atoms with Crippen LogP contribution in [0.25, 0.3) is 0 Å². The first-order chi connectivity index (χ1) is 10.0. The summed E-state index contributed by atoms with van der Waals surface area (Å²) in [6.45, 7) is 0.694. The Hall–Kier alpha value is -1.42. The van der Waals surface area contributed by atoms with E-state index in [0.29, 0.717) is 18.0 Å². The molecular weight excluding hydrogens is 291 g/mol. The SMILES string of the molecule is NCC#Cc1ccc(S(=O)(=O)N2CC3CCC2C3)c(F)c1. The van der Waals surface area contributed by atoms with E-state index >= 15 is 0 Å². The van der Waals surface area contributed by atoms with Gasteiger partial charge in [-0.05, 0) is 43.4 Å². The van der Waals surface area contributed by atoms with Crippen molar-refractivity contribution in [3.63, 3.8) is 0 Å². The van der Waals surface area contributed by atoms with Gasteiger partial charge in [-0.2, -0.15) is 4.31 Å². The van der Waals surface area contributed by atoms with Crippen LogP contribution in [0, 0.1) is 23.6 Å². The van der Waals surface area contributed by atoms with Crippen molar-refractivity contribution in [1.29, 1.82) is 0 Å². The second-order valence-corrected chi connectivity index (χ2v) is 7.42. The molecule has 1 saturated carbocycles. The Morgan fingerprint density at radius 3 is 2.76 bits per heavy atom. The van der Waals surface area contributed by atoms with Crippen molar-refractivity contribution in [1.82, 2.24) is 4.31 Å². The molecule has 2 N–H and O–H groups in total. The second kappa shape index (κ2) is 5.41. The number of nitrogens with zero attached hydrogens (tertiary/aromatic N) is 1. The first kappa shape index (κ1) is 14.5.